The van der Waals surface area contributed by atoms with Crippen molar-refractivity contribution >= 4 is 0 Å². The molecule has 96 valence electrons. The second-order valence-corrected chi connectivity index (χ2v) is 7.81. The third-order valence-electron chi connectivity index (χ3n) is 7.05. The molecule has 0 aliphatic heterocycles. The highest BCUT2D eigenvalue weighted by Crippen LogP contribution is 2.65. The van der Waals surface area contributed by atoms with Crippen LogP contribution in [-0.4, -0.2) is 0 Å². The zero-order valence-electron chi connectivity index (χ0n) is 11.3. The van der Waals surface area contributed by atoms with Crippen molar-refractivity contribution in [3.05, 3.63) is 0 Å². The SMILES string of the molecule is C1CCCC2(CCC1)C1CC3CC(C1)CC2C3. The summed E-state index contributed by atoms with van der Waals surface area (Å²) >= 11 is 0. The van der Waals surface area contributed by atoms with E-state index in [4.69, 9.17) is 0 Å². The maximum atomic E-state index is 1.63. The summed E-state index contributed by atoms with van der Waals surface area (Å²) in [7, 11) is 0. The van der Waals surface area contributed by atoms with E-state index >= 15 is 0 Å². The van der Waals surface area contributed by atoms with E-state index < -0.39 is 0 Å². The van der Waals surface area contributed by atoms with Crippen molar-refractivity contribution in [3.8, 4) is 0 Å². The summed E-state index contributed by atoms with van der Waals surface area (Å²) in [6.07, 6.45) is 19.1. The smallest absolute Gasteiger partial charge is 0.0240 e. The molecule has 0 heteroatoms. The Bertz CT molecular complexity index is 252. The minimum atomic E-state index is 0.855. The predicted molar refractivity (Wildman–Crippen MR) is 71.8 cm³/mol. The van der Waals surface area contributed by atoms with Crippen LogP contribution in [0, 0.1) is 29.1 Å². The minimum absolute atomic E-state index is 0.855. The summed E-state index contributed by atoms with van der Waals surface area (Å²) in [4.78, 5) is 0. The van der Waals surface area contributed by atoms with Crippen LogP contribution in [0.15, 0.2) is 0 Å². The van der Waals surface area contributed by atoms with E-state index in [0.717, 1.165) is 29.1 Å². The Morgan fingerprint density at radius 3 is 1.53 bits per heavy atom. The van der Waals surface area contributed by atoms with E-state index in [1.807, 2.05) is 0 Å². The monoisotopic (exact) mass is 232 g/mol. The Hall–Kier alpha value is 0. The molecule has 5 aliphatic carbocycles. The summed E-state index contributed by atoms with van der Waals surface area (Å²) in [5.74, 6) is 4.65. The van der Waals surface area contributed by atoms with E-state index in [-0.39, 0.29) is 0 Å². The van der Waals surface area contributed by atoms with Crippen LogP contribution in [-0.2, 0) is 0 Å². The highest BCUT2D eigenvalue weighted by molar-refractivity contribution is 5.05. The molecule has 1 spiro atoms. The zero-order chi connectivity index (χ0) is 11.3. The van der Waals surface area contributed by atoms with Crippen molar-refractivity contribution in [1.29, 1.82) is 0 Å². The van der Waals surface area contributed by atoms with Gasteiger partial charge in [0.2, 0.25) is 0 Å². The largest absolute Gasteiger partial charge is 0.0533 e. The van der Waals surface area contributed by atoms with Crippen LogP contribution < -0.4 is 0 Å². The molecule has 0 N–H and O–H groups in total. The second kappa shape index (κ2) is 4.00. The second-order valence-electron chi connectivity index (χ2n) is 7.81. The lowest BCUT2D eigenvalue weighted by Gasteiger charge is -2.62. The fourth-order valence-corrected chi connectivity index (χ4v) is 6.50. The Balaban J connectivity index is 1.62. The Kier molecular flexibility index (Phi) is 2.56. The first-order valence-electron chi connectivity index (χ1n) is 8.37. The van der Waals surface area contributed by atoms with Crippen LogP contribution in [0.2, 0.25) is 0 Å². The molecule has 5 aliphatic rings. The van der Waals surface area contributed by atoms with Gasteiger partial charge in [0.25, 0.3) is 0 Å². The molecule has 4 bridgehead atoms. The third kappa shape index (κ3) is 1.62. The first-order valence-corrected chi connectivity index (χ1v) is 8.37. The summed E-state index contributed by atoms with van der Waals surface area (Å²) in [5, 5.41) is 0. The van der Waals surface area contributed by atoms with E-state index in [0.29, 0.717) is 0 Å². The molecule has 0 aromatic heterocycles. The van der Waals surface area contributed by atoms with E-state index in [1.165, 1.54) is 19.3 Å². The average Bonchev–Trinajstić information content (AvgIpc) is 2.26. The van der Waals surface area contributed by atoms with Gasteiger partial charge < -0.3 is 0 Å². The molecule has 0 unspecified atom stereocenters. The van der Waals surface area contributed by atoms with Gasteiger partial charge in [-0.2, -0.15) is 0 Å². The van der Waals surface area contributed by atoms with E-state index in [1.54, 1.807) is 57.8 Å². The normalized spacial score (nSPS) is 48.0. The molecule has 0 amide bonds. The molecule has 17 heavy (non-hydrogen) atoms. The minimum Gasteiger partial charge on any atom is -0.0533 e. The maximum Gasteiger partial charge on any atom is -0.0240 e. The zero-order valence-corrected chi connectivity index (χ0v) is 11.3. The first-order chi connectivity index (χ1) is 8.37. The molecule has 0 heterocycles. The number of rotatable bonds is 0. The molecule has 0 nitrogen and oxygen atoms in total. The van der Waals surface area contributed by atoms with Crippen molar-refractivity contribution in [2.45, 2.75) is 77.0 Å². The van der Waals surface area contributed by atoms with Gasteiger partial charge in [-0.1, -0.05) is 32.1 Å². The van der Waals surface area contributed by atoms with Crippen LogP contribution in [0.4, 0.5) is 0 Å². The van der Waals surface area contributed by atoms with Crippen molar-refractivity contribution < 1.29 is 0 Å². The van der Waals surface area contributed by atoms with Gasteiger partial charge >= 0.3 is 0 Å². The highest BCUT2D eigenvalue weighted by atomic mass is 14.6. The van der Waals surface area contributed by atoms with Crippen molar-refractivity contribution in [2.24, 2.45) is 29.1 Å². The first kappa shape index (κ1) is 10.9. The summed E-state index contributed by atoms with van der Waals surface area (Å²) in [5.41, 5.74) is 0.855. The molecule has 0 radical (unpaired) electrons. The number of hydrogen-bond donors (Lipinski definition) is 0. The van der Waals surface area contributed by atoms with Crippen molar-refractivity contribution in [3.63, 3.8) is 0 Å². The van der Waals surface area contributed by atoms with Crippen molar-refractivity contribution in [1.82, 2.24) is 0 Å². The van der Waals surface area contributed by atoms with Gasteiger partial charge in [0.05, 0.1) is 0 Å². The van der Waals surface area contributed by atoms with Crippen LogP contribution in [0.3, 0.4) is 0 Å². The van der Waals surface area contributed by atoms with Gasteiger partial charge in [-0.05, 0) is 74.0 Å². The number of hydrogen-bond acceptors (Lipinski definition) is 0. The van der Waals surface area contributed by atoms with Crippen LogP contribution in [0.25, 0.3) is 0 Å². The van der Waals surface area contributed by atoms with Gasteiger partial charge in [-0.3, -0.25) is 0 Å². The maximum absolute atomic E-state index is 1.63. The van der Waals surface area contributed by atoms with E-state index in [2.05, 4.69) is 0 Å². The molecule has 5 saturated carbocycles. The standard InChI is InChI=1S/C17H28/c1-2-4-6-17(7-5-3-1)15-9-13-8-14(11-15)12-16(17)10-13/h13-16H,1-12H2. The van der Waals surface area contributed by atoms with Gasteiger partial charge in [-0.15, -0.1) is 0 Å². The topological polar surface area (TPSA) is 0 Å². The van der Waals surface area contributed by atoms with Crippen molar-refractivity contribution in [2.75, 3.05) is 0 Å². The molecule has 5 fully saturated rings. The summed E-state index contributed by atoms with van der Waals surface area (Å²) in [6.45, 7) is 0. The highest BCUT2D eigenvalue weighted by Gasteiger charge is 2.55. The lowest BCUT2D eigenvalue weighted by atomic mass is 9.43. The fourth-order valence-electron chi connectivity index (χ4n) is 6.50. The summed E-state index contributed by atoms with van der Waals surface area (Å²) in [6, 6.07) is 0. The van der Waals surface area contributed by atoms with Gasteiger partial charge in [-0.25, -0.2) is 0 Å². The van der Waals surface area contributed by atoms with E-state index in [9.17, 15) is 0 Å². The molecule has 5 rings (SSSR count). The summed E-state index contributed by atoms with van der Waals surface area (Å²) < 4.78 is 0. The quantitative estimate of drug-likeness (QED) is 0.540. The molecule has 0 aromatic carbocycles. The molecular formula is C17H28. The Morgan fingerprint density at radius 1 is 0.529 bits per heavy atom. The average molecular weight is 232 g/mol. The van der Waals surface area contributed by atoms with Gasteiger partial charge in [0.1, 0.15) is 0 Å². The molecule has 0 atom stereocenters. The fraction of sp³-hybridized carbons (Fsp3) is 1.00. The van der Waals surface area contributed by atoms with Crippen LogP contribution in [0.5, 0.6) is 0 Å². The predicted octanol–water partition coefficient (Wildman–Crippen LogP) is 5.17. The third-order valence-corrected chi connectivity index (χ3v) is 7.05. The van der Waals surface area contributed by atoms with Gasteiger partial charge in [0, 0.05) is 0 Å². The lowest BCUT2D eigenvalue weighted by Crippen LogP contribution is -2.53. The van der Waals surface area contributed by atoms with Crippen LogP contribution >= 0.6 is 0 Å². The van der Waals surface area contributed by atoms with Crippen LogP contribution in [0.1, 0.15) is 77.0 Å². The Labute approximate surface area is 107 Å². The lowest BCUT2D eigenvalue weighted by molar-refractivity contribution is -0.121. The molecule has 0 aromatic rings. The van der Waals surface area contributed by atoms with Gasteiger partial charge in [0.15, 0.2) is 0 Å². The Morgan fingerprint density at radius 2 is 1.00 bits per heavy atom. The molecular weight excluding hydrogens is 204 g/mol. The molecule has 0 saturated heterocycles.